The zero-order chi connectivity index (χ0) is 12.0. The summed E-state index contributed by atoms with van der Waals surface area (Å²) in [6.45, 7) is 11.5. The average molecular weight is 228 g/mol. The van der Waals surface area contributed by atoms with Gasteiger partial charge in [-0.1, -0.05) is 20.8 Å². The third kappa shape index (κ3) is 4.40. The van der Waals surface area contributed by atoms with Gasteiger partial charge in [0, 0.05) is 19.1 Å². The smallest absolute Gasteiger partial charge is 0.0597 e. The monoisotopic (exact) mass is 228 g/mol. The Morgan fingerprint density at radius 1 is 1.38 bits per heavy atom. The number of aliphatic hydroxyl groups is 1. The first-order valence-electron chi connectivity index (χ1n) is 6.74. The molecular formula is C13H28N2O. The Morgan fingerprint density at radius 3 is 2.69 bits per heavy atom. The van der Waals surface area contributed by atoms with E-state index in [0.29, 0.717) is 0 Å². The molecule has 1 fully saturated rings. The Balaban J connectivity index is 2.29. The lowest BCUT2D eigenvalue weighted by Gasteiger charge is -2.37. The van der Waals surface area contributed by atoms with Gasteiger partial charge in [0.05, 0.1) is 6.61 Å². The molecule has 1 rings (SSSR count). The fourth-order valence-corrected chi connectivity index (χ4v) is 2.36. The maximum Gasteiger partial charge on any atom is 0.0597 e. The van der Waals surface area contributed by atoms with Gasteiger partial charge in [-0.15, -0.1) is 0 Å². The van der Waals surface area contributed by atoms with Crippen LogP contribution in [-0.2, 0) is 0 Å². The summed E-state index contributed by atoms with van der Waals surface area (Å²) in [6.07, 6.45) is 2.43. The Hall–Kier alpha value is -0.120. The molecule has 0 aliphatic carbocycles. The van der Waals surface area contributed by atoms with Crippen molar-refractivity contribution in [2.45, 2.75) is 39.7 Å². The third-order valence-electron chi connectivity index (χ3n) is 3.80. The Morgan fingerprint density at radius 2 is 2.12 bits per heavy atom. The Kier molecular flexibility index (Phi) is 6.32. The molecule has 1 aliphatic rings. The molecule has 0 aromatic carbocycles. The van der Waals surface area contributed by atoms with E-state index in [0.717, 1.165) is 31.3 Å². The van der Waals surface area contributed by atoms with Crippen molar-refractivity contribution in [3.8, 4) is 0 Å². The topological polar surface area (TPSA) is 35.5 Å². The van der Waals surface area contributed by atoms with Crippen molar-refractivity contribution in [3.63, 3.8) is 0 Å². The molecule has 0 saturated carbocycles. The van der Waals surface area contributed by atoms with Gasteiger partial charge in [-0.3, -0.25) is 0 Å². The molecule has 0 amide bonds. The van der Waals surface area contributed by atoms with E-state index in [1.807, 2.05) is 0 Å². The third-order valence-corrected chi connectivity index (χ3v) is 3.80. The first-order valence-corrected chi connectivity index (χ1v) is 6.74. The summed E-state index contributed by atoms with van der Waals surface area (Å²) in [5, 5.41) is 12.7. The largest absolute Gasteiger partial charge is 0.395 e. The average Bonchev–Trinajstić information content (AvgIpc) is 2.29. The summed E-state index contributed by atoms with van der Waals surface area (Å²) in [6, 6.07) is 0.251. The minimum absolute atomic E-state index is 0.250. The van der Waals surface area contributed by atoms with Crippen LogP contribution in [0.5, 0.6) is 0 Å². The SMILES string of the molecule is CCCNC(CO)CN1CCC(C)C(C)C1. The second-order valence-corrected chi connectivity index (χ2v) is 5.34. The Bertz CT molecular complexity index is 187. The lowest BCUT2D eigenvalue weighted by Crippen LogP contribution is -2.48. The first kappa shape index (κ1) is 13.9. The summed E-state index contributed by atoms with van der Waals surface area (Å²) >= 11 is 0. The molecule has 16 heavy (non-hydrogen) atoms. The van der Waals surface area contributed by atoms with Crippen LogP contribution in [0.25, 0.3) is 0 Å². The molecule has 0 radical (unpaired) electrons. The summed E-state index contributed by atoms with van der Waals surface area (Å²) in [5.74, 6) is 1.65. The highest BCUT2D eigenvalue weighted by Gasteiger charge is 2.23. The van der Waals surface area contributed by atoms with E-state index in [-0.39, 0.29) is 12.6 Å². The van der Waals surface area contributed by atoms with E-state index in [1.165, 1.54) is 19.5 Å². The van der Waals surface area contributed by atoms with Gasteiger partial charge in [0.25, 0.3) is 0 Å². The molecule has 3 nitrogen and oxygen atoms in total. The van der Waals surface area contributed by atoms with Crippen LogP contribution >= 0.6 is 0 Å². The minimum atomic E-state index is 0.250. The highest BCUT2D eigenvalue weighted by Crippen LogP contribution is 2.22. The molecule has 0 bridgehead atoms. The lowest BCUT2D eigenvalue weighted by molar-refractivity contribution is 0.111. The number of rotatable bonds is 6. The number of nitrogens with zero attached hydrogens (tertiary/aromatic N) is 1. The van der Waals surface area contributed by atoms with E-state index < -0.39 is 0 Å². The second kappa shape index (κ2) is 7.25. The van der Waals surface area contributed by atoms with Crippen molar-refractivity contribution in [1.82, 2.24) is 10.2 Å². The standard InChI is InChI=1S/C13H28N2O/c1-4-6-14-13(10-16)9-15-7-5-11(2)12(3)8-15/h11-14,16H,4-10H2,1-3H3. The van der Waals surface area contributed by atoms with Crippen molar-refractivity contribution in [1.29, 1.82) is 0 Å². The van der Waals surface area contributed by atoms with Crippen molar-refractivity contribution in [2.24, 2.45) is 11.8 Å². The van der Waals surface area contributed by atoms with Crippen LogP contribution in [0.4, 0.5) is 0 Å². The van der Waals surface area contributed by atoms with E-state index >= 15 is 0 Å². The summed E-state index contributed by atoms with van der Waals surface area (Å²) < 4.78 is 0. The number of hydrogen-bond acceptors (Lipinski definition) is 3. The molecule has 1 saturated heterocycles. The maximum atomic E-state index is 9.31. The Labute approximate surface area is 100 Å². The normalized spacial score (nSPS) is 29.2. The quantitative estimate of drug-likeness (QED) is 0.720. The van der Waals surface area contributed by atoms with Crippen molar-refractivity contribution >= 4 is 0 Å². The summed E-state index contributed by atoms with van der Waals surface area (Å²) in [7, 11) is 0. The molecule has 0 spiro atoms. The fraction of sp³-hybridized carbons (Fsp3) is 1.00. The van der Waals surface area contributed by atoms with Gasteiger partial charge in [-0.05, 0) is 37.8 Å². The molecule has 3 atom stereocenters. The first-order chi connectivity index (χ1) is 7.67. The maximum absolute atomic E-state index is 9.31. The van der Waals surface area contributed by atoms with Gasteiger partial charge in [0.2, 0.25) is 0 Å². The number of nitrogens with one attached hydrogen (secondary N) is 1. The molecule has 0 aromatic rings. The van der Waals surface area contributed by atoms with Gasteiger partial charge in [-0.2, -0.15) is 0 Å². The molecule has 1 heterocycles. The number of hydrogen-bond donors (Lipinski definition) is 2. The molecule has 3 unspecified atom stereocenters. The fourth-order valence-electron chi connectivity index (χ4n) is 2.36. The van der Waals surface area contributed by atoms with Crippen LogP contribution in [0.3, 0.4) is 0 Å². The highest BCUT2D eigenvalue weighted by atomic mass is 16.3. The van der Waals surface area contributed by atoms with E-state index in [2.05, 4.69) is 31.0 Å². The zero-order valence-corrected chi connectivity index (χ0v) is 11.1. The van der Waals surface area contributed by atoms with Crippen LogP contribution in [0, 0.1) is 11.8 Å². The molecular weight excluding hydrogens is 200 g/mol. The van der Waals surface area contributed by atoms with Crippen LogP contribution in [-0.4, -0.2) is 48.8 Å². The summed E-state index contributed by atoms with van der Waals surface area (Å²) in [4.78, 5) is 2.49. The van der Waals surface area contributed by atoms with Crippen LogP contribution in [0.15, 0.2) is 0 Å². The minimum Gasteiger partial charge on any atom is -0.395 e. The number of aliphatic hydroxyl groups excluding tert-OH is 1. The van der Waals surface area contributed by atoms with E-state index in [1.54, 1.807) is 0 Å². The zero-order valence-electron chi connectivity index (χ0n) is 11.1. The van der Waals surface area contributed by atoms with Crippen LogP contribution < -0.4 is 5.32 Å². The van der Waals surface area contributed by atoms with Gasteiger partial charge < -0.3 is 15.3 Å². The van der Waals surface area contributed by atoms with Crippen molar-refractivity contribution < 1.29 is 5.11 Å². The molecule has 1 aliphatic heterocycles. The number of piperidine rings is 1. The number of likely N-dealkylation sites (tertiary alicyclic amines) is 1. The van der Waals surface area contributed by atoms with Gasteiger partial charge in [0.1, 0.15) is 0 Å². The van der Waals surface area contributed by atoms with Gasteiger partial charge >= 0.3 is 0 Å². The van der Waals surface area contributed by atoms with Crippen LogP contribution in [0.1, 0.15) is 33.6 Å². The van der Waals surface area contributed by atoms with Crippen molar-refractivity contribution in [3.05, 3.63) is 0 Å². The lowest BCUT2D eigenvalue weighted by atomic mass is 9.88. The summed E-state index contributed by atoms with van der Waals surface area (Å²) in [5.41, 5.74) is 0. The molecule has 96 valence electrons. The van der Waals surface area contributed by atoms with Crippen molar-refractivity contribution in [2.75, 3.05) is 32.8 Å². The van der Waals surface area contributed by atoms with E-state index in [4.69, 9.17) is 0 Å². The predicted octanol–water partition coefficient (Wildman–Crippen LogP) is 1.32. The van der Waals surface area contributed by atoms with Gasteiger partial charge in [-0.25, -0.2) is 0 Å². The van der Waals surface area contributed by atoms with Crippen LogP contribution in [0.2, 0.25) is 0 Å². The molecule has 2 N–H and O–H groups in total. The van der Waals surface area contributed by atoms with Gasteiger partial charge in [0.15, 0.2) is 0 Å². The highest BCUT2D eigenvalue weighted by molar-refractivity contribution is 4.79. The second-order valence-electron chi connectivity index (χ2n) is 5.34. The van der Waals surface area contributed by atoms with E-state index in [9.17, 15) is 5.11 Å². The molecule has 0 aromatic heterocycles. The molecule has 3 heteroatoms. The predicted molar refractivity (Wildman–Crippen MR) is 68.6 cm³/mol.